The van der Waals surface area contributed by atoms with E-state index in [0.29, 0.717) is 40.2 Å². The van der Waals surface area contributed by atoms with E-state index in [1.165, 1.54) is 17.7 Å². The van der Waals surface area contributed by atoms with Crippen molar-refractivity contribution in [1.82, 2.24) is 4.90 Å². The van der Waals surface area contributed by atoms with Crippen molar-refractivity contribution in [2.75, 3.05) is 17.8 Å². The number of benzene rings is 2. The molecule has 0 saturated carbocycles. The van der Waals surface area contributed by atoms with Crippen LogP contribution in [0.1, 0.15) is 45.8 Å². The van der Waals surface area contributed by atoms with E-state index in [9.17, 15) is 13.2 Å². The number of carbonyl (C=O) groups excluding carboxylic acids is 1. The SMILES string of the molecule is Cc1ccc(C(=O)N2CCC(c3ccc(C#N)cc3)CC2)cc1NS(=O)(=O)c1ccc(Cl)s1. The first-order chi connectivity index (χ1) is 15.8. The van der Waals surface area contributed by atoms with Gasteiger partial charge < -0.3 is 4.90 Å². The van der Waals surface area contributed by atoms with Crippen LogP contribution in [-0.2, 0) is 10.0 Å². The standard InChI is InChI=1S/C24H22ClN3O3S2/c1-16-2-5-20(14-21(16)27-33(30,31)23-9-8-22(25)32-23)24(29)28-12-10-19(11-13-28)18-6-3-17(15-26)4-7-18/h2-9,14,19,27H,10-13H2,1H3. The first-order valence-corrected chi connectivity index (χ1v) is 13.1. The molecule has 4 rings (SSSR count). The number of halogens is 1. The van der Waals surface area contributed by atoms with Crippen LogP contribution < -0.4 is 4.72 Å². The van der Waals surface area contributed by atoms with Crippen LogP contribution in [0.5, 0.6) is 0 Å². The largest absolute Gasteiger partial charge is 0.339 e. The topological polar surface area (TPSA) is 90.3 Å². The van der Waals surface area contributed by atoms with E-state index in [1.54, 1.807) is 25.1 Å². The summed E-state index contributed by atoms with van der Waals surface area (Å²) in [5, 5.41) is 8.96. The lowest BCUT2D eigenvalue weighted by Gasteiger charge is -2.32. The van der Waals surface area contributed by atoms with Gasteiger partial charge in [-0.2, -0.15) is 5.26 Å². The maximum Gasteiger partial charge on any atom is 0.271 e. The monoisotopic (exact) mass is 499 g/mol. The molecular weight excluding hydrogens is 478 g/mol. The van der Waals surface area contributed by atoms with E-state index in [2.05, 4.69) is 10.8 Å². The van der Waals surface area contributed by atoms with Crippen LogP contribution in [0, 0.1) is 18.3 Å². The van der Waals surface area contributed by atoms with Crippen LogP contribution >= 0.6 is 22.9 Å². The molecule has 3 aromatic rings. The molecule has 1 aromatic heterocycles. The van der Waals surface area contributed by atoms with E-state index >= 15 is 0 Å². The molecule has 0 atom stereocenters. The molecule has 0 radical (unpaired) electrons. The molecule has 1 fully saturated rings. The van der Waals surface area contributed by atoms with Gasteiger partial charge in [0.2, 0.25) is 0 Å². The van der Waals surface area contributed by atoms with Gasteiger partial charge >= 0.3 is 0 Å². The summed E-state index contributed by atoms with van der Waals surface area (Å²) in [6.45, 7) is 3.02. The number of nitrogens with one attached hydrogen (secondary N) is 1. The average molecular weight is 500 g/mol. The molecule has 0 aliphatic carbocycles. The predicted molar refractivity (Wildman–Crippen MR) is 130 cm³/mol. The second-order valence-electron chi connectivity index (χ2n) is 7.99. The van der Waals surface area contributed by atoms with Gasteiger partial charge in [0.25, 0.3) is 15.9 Å². The molecule has 6 nitrogen and oxygen atoms in total. The molecule has 1 aliphatic heterocycles. The fourth-order valence-electron chi connectivity index (χ4n) is 3.93. The van der Waals surface area contributed by atoms with Gasteiger partial charge in [-0.05, 0) is 73.2 Å². The maximum atomic E-state index is 13.1. The van der Waals surface area contributed by atoms with Crippen molar-refractivity contribution in [1.29, 1.82) is 5.26 Å². The number of hydrogen-bond acceptors (Lipinski definition) is 5. The summed E-state index contributed by atoms with van der Waals surface area (Å²) in [6.07, 6.45) is 1.67. The molecule has 0 spiro atoms. The number of nitrogens with zero attached hydrogens (tertiary/aromatic N) is 2. The zero-order valence-electron chi connectivity index (χ0n) is 17.9. The van der Waals surface area contributed by atoms with E-state index in [1.807, 2.05) is 29.2 Å². The molecule has 9 heteroatoms. The summed E-state index contributed by atoms with van der Waals surface area (Å²) in [5.41, 5.74) is 3.36. The zero-order valence-corrected chi connectivity index (χ0v) is 20.3. The van der Waals surface area contributed by atoms with Gasteiger partial charge in [0.1, 0.15) is 4.21 Å². The first-order valence-electron chi connectivity index (χ1n) is 10.4. The summed E-state index contributed by atoms with van der Waals surface area (Å²) in [6, 6.07) is 17.8. The Bertz CT molecular complexity index is 1320. The normalized spacial score (nSPS) is 14.6. The van der Waals surface area contributed by atoms with Gasteiger partial charge in [0, 0.05) is 18.7 Å². The minimum Gasteiger partial charge on any atom is -0.339 e. The smallest absolute Gasteiger partial charge is 0.271 e. The Morgan fingerprint density at radius 3 is 2.42 bits per heavy atom. The Hall–Kier alpha value is -2.86. The number of likely N-dealkylation sites (tertiary alicyclic amines) is 1. The molecule has 2 heterocycles. The summed E-state index contributed by atoms with van der Waals surface area (Å²) in [5.74, 6) is 0.229. The first kappa shape index (κ1) is 23.3. The van der Waals surface area contributed by atoms with E-state index in [0.717, 1.165) is 29.7 Å². The van der Waals surface area contributed by atoms with Crippen LogP contribution in [0.25, 0.3) is 0 Å². The molecule has 0 unspecified atom stereocenters. The second-order valence-corrected chi connectivity index (χ2v) is 11.6. The van der Waals surface area contributed by atoms with Gasteiger partial charge in [0.15, 0.2) is 0 Å². The fourth-order valence-corrected chi connectivity index (χ4v) is 6.53. The Morgan fingerprint density at radius 1 is 1.12 bits per heavy atom. The highest BCUT2D eigenvalue weighted by molar-refractivity contribution is 7.94. The molecule has 1 amide bonds. The average Bonchev–Trinajstić information content (AvgIpc) is 3.27. The van der Waals surface area contributed by atoms with Crippen LogP contribution in [0.15, 0.2) is 58.8 Å². The van der Waals surface area contributed by atoms with E-state index in [-0.39, 0.29) is 10.1 Å². The van der Waals surface area contributed by atoms with Crippen molar-refractivity contribution in [2.24, 2.45) is 0 Å². The van der Waals surface area contributed by atoms with E-state index in [4.69, 9.17) is 16.9 Å². The van der Waals surface area contributed by atoms with Crippen molar-refractivity contribution in [3.8, 4) is 6.07 Å². The van der Waals surface area contributed by atoms with Gasteiger partial charge in [-0.3, -0.25) is 9.52 Å². The number of hydrogen-bond donors (Lipinski definition) is 1. The third-order valence-corrected chi connectivity index (χ3v) is 8.92. The number of nitriles is 1. The Balaban J connectivity index is 1.45. The minimum absolute atomic E-state index is 0.118. The molecule has 0 bridgehead atoms. The lowest BCUT2D eigenvalue weighted by atomic mass is 9.89. The summed E-state index contributed by atoms with van der Waals surface area (Å²) in [4.78, 5) is 14.9. The number of rotatable bonds is 5. The van der Waals surface area contributed by atoms with Crippen molar-refractivity contribution in [3.05, 3.63) is 81.2 Å². The van der Waals surface area contributed by atoms with Crippen LogP contribution in [0.4, 0.5) is 5.69 Å². The zero-order chi connectivity index (χ0) is 23.6. The number of aryl methyl sites for hydroxylation is 1. The molecule has 2 aromatic carbocycles. The minimum atomic E-state index is -3.79. The Labute approximate surface area is 202 Å². The fraction of sp³-hybridized carbons (Fsp3) is 0.250. The summed E-state index contributed by atoms with van der Waals surface area (Å²) in [7, 11) is -3.79. The number of thiophene rings is 1. The number of carbonyl (C=O) groups is 1. The number of anilines is 1. The van der Waals surface area contributed by atoms with Gasteiger partial charge in [-0.15, -0.1) is 11.3 Å². The van der Waals surface area contributed by atoms with Crippen molar-refractivity contribution in [2.45, 2.75) is 29.9 Å². The van der Waals surface area contributed by atoms with Crippen molar-refractivity contribution < 1.29 is 13.2 Å². The predicted octanol–water partition coefficient (Wildman–Crippen LogP) is 5.40. The molecule has 170 valence electrons. The van der Waals surface area contributed by atoms with E-state index < -0.39 is 10.0 Å². The lowest BCUT2D eigenvalue weighted by Crippen LogP contribution is -2.38. The van der Waals surface area contributed by atoms with Crippen LogP contribution in [0.2, 0.25) is 4.34 Å². The highest BCUT2D eigenvalue weighted by Crippen LogP contribution is 2.31. The third-order valence-electron chi connectivity index (χ3n) is 5.84. The van der Waals surface area contributed by atoms with Crippen LogP contribution in [0.3, 0.4) is 0 Å². The Morgan fingerprint density at radius 2 is 1.82 bits per heavy atom. The quantitative estimate of drug-likeness (QED) is 0.508. The van der Waals surface area contributed by atoms with Gasteiger partial charge in [-0.25, -0.2) is 8.42 Å². The van der Waals surface area contributed by atoms with Crippen molar-refractivity contribution >= 4 is 44.6 Å². The number of piperidine rings is 1. The summed E-state index contributed by atoms with van der Waals surface area (Å²) < 4.78 is 28.5. The Kier molecular flexibility index (Phi) is 6.75. The van der Waals surface area contributed by atoms with Gasteiger partial charge in [0.05, 0.1) is 21.7 Å². The summed E-state index contributed by atoms with van der Waals surface area (Å²) >= 11 is 6.86. The maximum absolute atomic E-state index is 13.1. The molecule has 33 heavy (non-hydrogen) atoms. The third kappa shape index (κ3) is 5.22. The molecule has 1 aliphatic rings. The van der Waals surface area contributed by atoms with Gasteiger partial charge in [-0.1, -0.05) is 29.8 Å². The van der Waals surface area contributed by atoms with Crippen LogP contribution in [-0.4, -0.2) is 32.3 Å². The second kappa shape index (κ2) is 9.56. The lowest BCUT2D eigenvalue weighted by molar-refractivity contribution is 0.0713. The number of amides is 1. The van der Waals surface area contributed by atoms with Crippen molar-refractivity contribution in [3.63, 3.8) is 0 Å². The highest BCUT2D eigenvalue weighted by Gasteiger charge is 2.25. The molecule has 1 N–H and O–H groups in total. The highest BCUT2D eigenvalue weighted by atomic mass is 35.5. The molecular formula is C24H22ClN3O3S2. The number of sulfonamides is 1. The molecule has 1 saturated heterocycles.